The van der Waals surface area contributed by atoms with Crippen LogP contribution in [0.15, 0.2) is 103 Å². The van der Waals surface area contributed by atoms with Gasteiger partial charge in [0, 0.05) is 17.5 Å². The summed E-state index contributed by atoms with van der Waals surface area (Å²) in [5, 5.41) is 5.08. The number of ether oxygens (including phenoxy) is 1. The smallest absolute Gasteiger partial charge is 0.361 e. The molecular weight excluding hydrogens is 430 g/mol. The predicted molar refractivity (Wildman–Crippen MR) is 134 cm³/mol. The molecule has 0 aliphatic carbocycles. The average Bonchev–Trinajstić information content (AvgIpc) is 3.53. The topological polar surface area (TPSA) is 22.1 Å². The van der Waals surface area contributed by atoms with Gasteiger partial charge in [0.15, 0.2) is 11.8 Å². The first-order valence-electron chi connectivity index (χ1n) is 12.1. The van der Waals surface area contributed by atoms with Crippen molar-refractivity contribution in [3.8, 4) is 22.8 Å². The summed E-state index contributed by atoms with van der Waals surface area (Å²) in [7, 11) is 0. The van der Waals surface area contributed by atoms with Crippen molar-refractivity contribution in [2.24, 2.45) is 0 Å². The molecule has 7 aromatic rings. The van der Waals surface area contributed by atoms with E-state index in [0.29, 0.717) is 0 Å². The van der Waals surface area contributed by atoms with E-state index in [1.807, 2.05) is 0 Å². The first-order valence-corrected chi connectivity index (χ1v) is 12.1. The van der Waals surface area contributed by atoms with Crippen molar-refractivity contribution < 1.29 is 13.8 Å². The maximum Gasteiger partial charge on any atom is 0.361 e. The summed E-state index contributed by atoms with van der Waals surface area (Å²) in [5.74, 6) is 1.87. The summed E-state index contributed by atoms with van der Waals surface area (Å²) in [6.45, 7) is 0. The van der Waals surface area contributed by atoms with E-state index in [2.05, 4.69) is 117 Å². The van der Waals surface area contributed by atoms with Crippen molar-refractivity contribution in [1.82, 2.24) is 4.68 Å². The molecule has 0 saturated carbocycles. The monoisotopic (exact) mass is 447 g/mol. The molecule has 3 aliphatic rings. The molecule has 0 fully saturated rings. The van der Waals surface area contributed by atoms with Crippen LogP contribution in [-0.2, 0) is 5.66 Å². The maximum atomic E-state index is 6.67. The Morgan fingerprint density at radius 2 is 1.37 bits per heavy atom. The molecule has 1 spiro atoms. The lowest BCUT2D eigenvalue weighted by Gasteiger charge is -2.27. The highest BCUT2D eigenvalue weighted by atomic mass is 16.5. The Hall–Kier alpha value is -4.70. The zero-order valence-electron chi connectivity index (χ0n) is 18.6. The van der Waals surface area contributed by atoms with Gasteiger partial charge in [-0.05, 0) is 48.5 Å². The third-order valence-electron chi connectivity index (χ3n) is 8.36. The fourth-order valence-electron chi connectivity index (χ4n) is 7.26. The molecule has 1 unspecified atom stereocenters. The van der Waals surface area contributed by atoms with Crippen LogP contribution in [0.4, 0.5) is 0 Å². The van der Waals surface area contributed by atoms with Crippen LogP contribution in [0.3, 0.4) is 0 Å². The fraction of sp³-hybridized carbons (Fsp3) is 0.0323. The van der Waals surface area contributed by atoms with Crippen LogP contribution in [0.25, 0.3) is 49.4 Å². The Morgan fingerprint density at radius 1 is 0.600 bits per heavy atom. The zero-order chi connectivity index (χ0) is 22.5. The van der Waals surface area contributed by atoms with Gasteiger partial charge in [0.2, 0.25) is 5.69 Å². The Bertz CT molecular complexity index is 2160. The standard InChI is InChI=1S/C31H17N3O/c1-2-9-19-18(8-1)20-15-16-26-28-30(20)33-29(19)22-10-3-4-13-24(22)34(33)31(28)27-21(11-7-14-25(27)35-26)23-12-5-6-17-32(23)31/h1-17H/q+2. The van der Waals surface area contributed by atoms with E-state index in [0.717, 1.165) is 11.5 Å². The summed E-state index contributed by atoms with van der Waals surface area (Å²) in [6.07, 6.45) is 2.24. The van der Waals surface area contributed by atoms with Crippen LogP contribution in [-0.4, -0.2) is 4.68 Å². The zero-order valence-corrected chi connectivity index (χ0v) is 18.6. The second-order valence-corrected chi connectivity index (χ2v) is 9.78. The van der Waals surface area contributed by atoms with Gasteiger partial charge >= 0.3 is 5.66 Å². The van der Waals surface area contributed by atoms with E-state index < -0.39 is 5.66 Å². The van der Waals surface area contributed by atoms with Gasteiger partial charge in [0.1, 0.15) is 22.6 Å². The molecule has 3 aromatic heterocycles. The van der Waals surface area contributed by atoms with Crippen LogP contribution >= 0.6 is 0 Å². The third-order valence-corrected chi connectivity index (χ3v) is 8.36. The number of hydrogen-bond donors (Lipinski definition) is 0. The number of benzene rings is 4. The molecule has 1 atom stereocenters. The molecule has 35 heavy (non-hydrogen) atoms. The quantitative estimate of drug-likeness (QED) is 0.217. The Balaban J connectivity index is 1.63. The van der Waals surface area contributed by atoms with Crippen molar-refractivity contribution in [2.45, 2.75) is 5.66 Å². The number of hydrogen-bond acceptors (Lipinski definition) is 1. The second kappa shape index (κ2) is 5.18. The predicted octanol–water partition coefficient (Wildman–Crippen LogP) is 5.67. The van der Waals surface area contributed by atoms with Crippen molar-refractivity contribution in [3.05, 3.63) is 114 Å². The first-order chi connectivity index (χ1) is 17.4. The minimum absolute atomic E-state index is 0.554. The van der Waals surface area contributed by atoms with Gasteiger partial charge in [-0.25, -0.2) is 0 Å². The lowest BCUT2D eigenvalue weighted by atomic mass is 9.85. The number of pyridine rings is 2. The Morgan fingerprint density at radius 3 is 2.31 bits per heavy atom. The molecule has 6 heterocycles. The Kier molecular flexibility index (Phi) is 2.49. The Labute approximate surface area is 199 Å². The van der Waals surface area contributed by atoms with E-state index in [9.17, 15) is 0 Å². The molecule has 10 rings (SSSR count). The van der Waals surface area contributed by atoms with Crippen LogP contribution in [0.5, 0.6) is 11.5 Å². The van der Waals surface area contributed by atoms with Gasteiger partial charge in [-0.15, -0.1) is 0 Å². The molecular formula is C31H17N3O+2. The SMILES string of the molecule is c1cc2c3c(c1)-c1cccc[n+]1C31c3c(ccc4c5ccccc5c5c6ccccc6n1[n+]5c34)O2. The lowest BCUT2D eigenvalue weighted by Crippen LogP contribution is -2.62. The van der Waals surface area contributed by atoms with E-state index in [-0.39, 0.29) is 0 Å². The van der Waals surface area contributed by atoms with Gasteiger partial charge < -0.3 is 4.74 Å². The van der Waals surface area contributed by atoms with Crippen molar-refractivity contribution >= 4 is 38.1 Å². The normalized spacial score (nSPS) is 18.1. The van der Waals surface area contributed by atoms with E-state index >= 15 is 0 Å². The molecule has 3 aliphatic heterocycles. The van der Waals surface area contributed by atoms with Crippen LogP contribution in [0.1, 0.15) is 11.1 Å². The van der Waals surface area contributed by atoms with E-state index in [1.165, 1.54) is 60.5 Å². The van der Waals surface area contributed by atoms with Crippen LogP contribution in [0, 0.1) is 0 Å². The number of para-hydroxylation sites is 1. The van der Waals surface area contributed by atoms with Crippen LogP contribution in [0.2, 0.25) is 0 Å². The lowest BCUT2D eigenvalue weighted by molar-refractivity contribution is -0.765. The molecule has 0 saturated heterocycles. The van der Waals surface area contributed by atoms with Gasteiger partial charge in [-0.2, -0.15) is 4.57 Å². The first kappa shape index (κ1) is 16.8. The molecule has 0 amide bonds. The minimum atomic E-state index is -0.554. The van der Waals surface area contributed by atoms with E-state index in [1.54, 1.807) is 0 Å². The molecule has 4 heteroatoms. The van der Waals surface area contributed by atoms with Crippen molar-refractivity contribution in [2.75, 3.05) is 0 Å². The highest BCUT2D eigenvalue weighted by Gasteiger charge is 2.69. The summed E-state index contributed by atoms with van der Waals surface area (Å²) < 4.78 is 14.1. The number of aromatic nitrogens is 3. The summed E-state index contributed by atoms with van der Waals surface area (Å²) in [5.41, 5.74) is 8.05. The van der Waals surface area contributed by atoms with Gasteiger partial charge in [0.05, 0.1) is 21.7 Å². The largest absolute Gasteiger partial charge is 0.456 e. The number of nitrogens with zero attached hydrogens (tertiary/aromatic N) is 3. The fourth-order valence-corrected chi connectivity index (χ4v) is 7.26. The summed E-state index contributed by atoms with van der Waals surface area (Å²) in [6, 6.07) is 35.0. The highest BCUT2D eigenvalue weighted by molar-refractivity contribution is 6.17. The van der Waals surface area contributed by atoms with Crippen molar-refractivity contribution in [1.29, 1.82) is 0 Å². The molecule has 0 N–H and O–H groups in total. The molecule has 4 aromatic carbocycles. The molecule has 0 bridgehead atoms. The minimum Gasteiger partial charge on any atom is -0.456 e. The average molecular weight is 447 g/mol. The van der Waals surface area contributed by atoms with Gasteiger partial charge in [-0.1, -0.05) is 45.6 Å². The third kappa shape index (κ3) is 1.53. The van der Waals surface area contributed by atoms with Crippen LogP contribution < -0.4 is 13.8 Å². The summed E-state index contributed by atoms with van der Waals surface area (Å²) >= 11 is 0. The number of rotatable bonds is 0. The molecule has 0 radical (unpaired) electrons. The second-order valence-electron chi connectivity index (χ2n) is 9.78. The molecule has 160 valence electrons. The van der Waals surface area contributed by atoms with Gasteiger partial charge in [0.25, 0.3) is 11.0 Å². The summed E-state index contributed by atoms with van der Waals surface area (Å²) in [4.78, 5) is 0. The molecule has 4 nitrogen and oxygen atoms in total. The maximum absolute atomic E-state index is 6.67. The van der Waals surface area contributed by atoms with E-state index in [4.69, 9.17) is 4.74 Å². The van der Waals surface area contributed by atoms with Gasteiger partial charge in [-0.3, -0.25) is 0 Å². The van der Waals surface area contributed by atoms with Crippen molar-refractivity contribution in [3.63, 3.8) is 0 Å². The number of fused-ring (bicyclic) bond motifs is 8. The highest BCUT2D eigenvalue weighted by Crippen LogP contribution is 2.58.